The molecule has 0 N–H and O–H groups in total. The maximum absolute atomic E-state index is 3.11. The number of hydrogen-bond acceptors (Lipinski definition) is 2. The van der Waals surface area contributed by atoms with Crippen molar-refractivity contribution in [1.29, 1.82) is 0 Å². The Morgan fingerprint density at radius 3 is 2.65 bits per heavy atom. The van der Waals surface area contributed by atoms with Crippen molar-refractivity contribution in [3.8, 4) is 0 Å². The van der Waals surface area contributed by atoms with Crippen LogP contribution in [0.2, 0.25) is 0 Å². The number of piperidine rings is 1. The Morgan fingerprint density at radius 1 is 1.12 bits per heavy atom. The van der Waals surface area contributed by atoms with E-state index in [1.807, 2.05) is 12.1 Å². The molecular formula is C15H21N2. The molecule has 2 heterocycles. The van der Waals surface area contributed by atoms with Crippen molar-refractivity contribution in [2.75, 3.05) is 38.1 Å². The van der Waals surface area contributed by atoms with Crippen molar-refractivity contribution in [3.63, 3.8) is 0 Å². The van der Waals surface area contributed by atoms with E-state index < -0.39 is 0 Å². The molecule has 17 heavy (non-hydrogen) atoms. The first-order chi connectivity index (χ1) is 8.27. The standard InChI is InChI=1S/C15H21N2/c1-16-11-9-15(12-16)8-5-10-17(13-15)14-6-3-2-4-7-14/h3-4,6-7H,5,8-13H2,1H3. The summed E-state index contributed by atoms with van der Waals surface area (Å²) in [6, 6.07) is 11.5. The molecule has 2 heteroatoms. The minimum absolute atomic E-state index is 0.562. The highest BCUT2D eigenvalue weighted by Crippen LogP contribution is 2.39. The van der Waals surface area contributed by atoms with Gasteiger partial charge in [0.25, 0.3) is 0 Å². The lowest BCUT2D eigenvalue weighted by atomic mass is 9.79. The fourth-order valence-electron chi connectivity index (χ4n) is 3.51. The molecule has 0 bridgehead atoms. The summed E-state index contributed by atoms with van der Waals surface area (Å²) < 4.78 is 0. The molecule has 0 aliphatic carbocycles. The lowest BCUT2D eigenvalue weighted by Gasteiger charge is -2.41. The number of anilines is 1. The Balaban J connectivity index is 1.76. The van der Waals surface area contributed by atoms with Crippen LogP contribution >= 0.6 is 0 Å². The van der Waals surface area contributed by atoms with Gasteiger partial charge in [0.05, 0.1) is 0 Å². The monoisotopic (exact) mass is 229 g/mol. The second kappa shape index (κ2) is 4.34. The van der Waals surface area contributed by atoms with Crippen molar-refractivity contribution in [2.45, 2.75) is 19.3 Å². The van der Waals surface area contributed by atoms with Gasteiger partial charge in [-0.15, -0.1) is 0 Å². The predicted molar refractivity (Wildman–Crippen MR) is 71.3 cm³/mol. The van der Waals surface area contributed by atoms with Gasteiger partial charge in [-0.2, -0.15) is 0 Å². The van der Waals surface area contributed by atoms with E-state index >= 15 is 0 Å². The van der Waals surface area contributed by atoms with Gasteiger partial charge >= 0.3 is 0 Å². The number of benzene rings is 1. The third-order valence-corrected chi connectivity index (χ3v) is 4.36. The van der Waals surface area contributed by atoms with Crippen LogP contribution in [0.1, 0.15) is 19.3 Å². The van der Waals surface area contributed by atoms with E-state index in [2.05, 4.69) is 35.0 Å². The lowest BCUT2D eigenvalue weighted by Crippen LogP contribution is -2.44. The van der Waals surface area contributed by atoms with Gasteiger partial charge < -0.3 is 9.80 Å². The first-order valence-electron chi connectivity index (χ1n) is 6.67. The fraction of sp³-hybridized carbons (Fsp3) is 0.600. The molecule has 1 aromatic rings. The first kappa shape index (κ1) is 11.1. The first-order valence-corrected chi connectivity index (χ1v) is 6.67. The van der Waals surface area contributed by atoms with Crippen LogP contribution in [0.25, 0.3) is 0 Å². The molecule has 2 fully saturated rings. The topological polar surface area (TPSA) is 6.48 Å². The van der Waals surface area contributed by atoms with Crippen molar-refractivity contribution in [2.24, 2.45) is 5.41 Å². The van der Waals surface area contributed by atoms with Gasteiger partial charge in [0.1, 0.15) is 0 Å². The molecule has 2 aliphatic rings. The highest BCUT2D eigenvalue weighted by atomic mass is 15.2. The van der Waals surface area contributed by atoms with Crippen LogP contribution in [0, 0.1) is 11.5 Å². The van der Waals surface area contributed by atoms with Crippen LogP contribution in [-0.4, -0.2) is 38.1 Å². The van der Waals surface area contributed by atoms with Gasteiger partial charge in [0, 0.05) is 30.7 Å². The number of nitrogens with zero attached hydrogens (tertiary/aromatic N) is 2. The minimum atomic E-state index is 0.562. The van der Waals surface area contributed by atoms with Gasteiger partial charge in [0.15, 0.2) is 0 Å². The van der Waals surface area contributed by atoms with Gasteiger partial charge in [-0.25, -0.2) is 0 Å². The zero-order valence-electron chi connectivity index (χ0n) is 10.7. The summed E-state index contributed by atoms with van der Waals surface area (Å²) in [6.07, 6.45) is 4.12. The number of hydrogen-bond donors (Lipinski definition) is 0. The van der Waals surface area contributed by atoms with Gasteiger partial charge in [-0.05, 0) is 51.1 Å². The normalized spacial score (nSPS) is 30.1. The highest BCUT2D eigenvalue weighted by Gasteiger charge is 2.40. The van der Waals surface area contributed by atoms with E-state index in [1.165, 1.54) is 51.1 Å². The Bertz CT molecular complexity index is 372. The van der Waals surface area contributed by atoms with E-state index in [4.69, 9.17) is 0 Å². The van der Waals surface area contributed by atoms with Gasteiger partial charge in [-0.3, -0.25) is 0 Å². The average Bonchev–Trinajstić information content (AvgIpc) is 2.71. The van der Waals surface area contributed by atoms with Crippen molar-refractivity contribution >= 4 is 5.69 Å². The Labute approximate surface area is 104 Å². The maximum atomic E-state index is 3.11. The van der Waals surface area contributed by atoms with Crippen LogP contribution in [0.15, 0.2) is 24.3 Å². The summed E-state index contributed by atoms with van der Waals surface area (Å²) in [5.41, 5.74) is 1.93. The summed E-state index contributed by atoms with van der Waals surface area (Å²) in [7, 11) is 2.26. The SMILES string of the molecule is CN1CCC2(CCCN(c3cc[c]cc3)C2)C1. The lowest BCUT2D eigenvalue weighted by molar-refractivity contribution is 0.234. The van der Waals surface area contributed by atoms with Crippen LogP contribution in [0.5, 0.6) is 0 Å². The molecule has 1 unspecified atom stereocenters. The second-order valence-corrected chi connectivity index (χ2v) is 5.77. The zero-order valence-corrected chi connectivity index (χ0v) is 10.7. The molecule has 2 saturated heterocycles. The Hall–Kier alpha value is -1.02. The molecule has 3 rings (SSSR count). The predicted octanol–water partition coefficient (Wildman–Crippen LogP) is 2.41. The molecule has 0 amide bonds. The number of rotatable bonds is 1. The van der Waals surface area contributed by atoms with Crippen molar-refractivity contribution in [3.05, 3.63) is 30.3 Å². The third kappa shape index (κ3) is 2.19. The third-order valence-electron chi connectivity index (χ3n) is 4.36. The molecule has 0 saturated carbocycles. The van der Waals surface area contributed by atoms with Crippen LogP contribution in [0.3, 0.4) is 0 Å². The largest absolute Gasteiger partial charge is 0.371 e. The highest BCUT2D eigenvalue weighted by molar-refractivity contribution is 5.46. The molecule has 1 atom stereocenters. The molecular weight excluding hydrogens is 208 g/mol. The second-order valence-electron chi connectivity index (χ2n) is 5.77. The quantitative estimate of drug-likeness (QED) is 0.729. The molecule has 2 aliphatic heterocycles. The van der Waals surface area contributed by atoms with Crippen molar-refractivity contribution in [1.82, 2.24) is 4.90 Å². The summed E-state index contributed by atoms with van der Waals surface area (Å²) >= 11 is 0. The van der Waals surface area contributed by atoms with E-state index in [9.17, 15) is 0 Å². The molecule has 91 valence electrons. The van der Waals surface area contributed by atoms with Gasteiger partial charge in [-0.1, -0.05) is 12.1 Å². The molecule has 1 aromatic carbocycles. The summed E-state index contributed by atoms with van der Waals surface area (Å²) in [4.78, 5) is 5.05. The van der Waals surface area contributed by atoms with E-state index in [0.29, 0.717) is 5.41 Å². The van der Waals surface area contributed by atoms with Crippen LogP contribution < -0.4 is 4.90 Å². The fourth-order valence-corrected chi connectivity index (χ4v) is 3.51. The summed E-state index contributed by atoms with van der Waals surface area (Å²) in [6.45, 7) is 5.01. The summed E-state index contributed by atoms with van der Waals surface area (Å²) in [5.74, 6) is 0. The Kier molecular flexibility index (Phi) is 2.83. The average molecular weight is 229 g/mol. The van der Waals surface area contributed by atoms with E-state index in [1.54, 1.807) is 0 Å². The Morgan fingerprint density at radius 2 is 1.94 bits per heavy atom. The summed E-state index contributed by atoms with van der Waals surface area (Å²) in [5, 5.41) is 0. The minimum Gasteiger partial charge on any atom is -0.371 e. The molecule has 1 radical (unpaired) electrons. The molecule has 0 aromatic heterocycles. The molecule has 2 nitrogen and oxygen atoms in total. The zero-order chi connectivity index (χ0) is 11.7. The van der Waals surface area contributed by atoms with Crippen LogP contribution in [-0.2, 0) is 0 Å². The van der Waals surface area contributed by atoms with E-state index in [0.717, 1.165) is 0 Å². The van der Waals surface area contributed by atoms with E-state index in [-0.39, 0.29) is 0 Å². The van der Waals surface area contributed by atoms with Crippen molar-refractivity contribution < 1.29 is 0 Å². The smallest absolute Gasteiger partial charge is 0.0366 e. The van der Waals surface area contributed by atoms with Gasteiger partial charge in [0.2, 0.25) is 0 Å². The number of likely N-dealkylation sites (tertiary alicyclic amines) is 1. The molecule has 1 spiro atoms. The van der Waals surface area contributed by atoms with Crippen LogP contribution in [0.4, 0.5) is 5.69 Å². The maximum Gasteiger partial charge on any atom is 0.0366 e.